The van der Waals surface area contributed by atoms with E-state index in [2.05, 4.69) is 12.2 Å². The van der Waals surface area contributed by atoms with E-state index >= 15 is 0 Å². The minimum Gasteiger partial charge on any atom is -0.494 e. The molecule has 0 saturated carbocycles. The van der Waals surface area contributed by atoms with Gasteiger partial charge in [-0.15, -0.1) is 0 Å². The van der Waals surface area contributed by atoms with Gasteiger partial charge in [0.15, 0.2) is 0 Å². The van der Waals surface area contributed by atoms with Crippen LogP contribution in [0.15, 0.2) is 24.3 Å². The third kappa shape index (κ3) is 6.27. The molecular weight excluding hydrogens is 348 g/mol. The number of piperidine rings is 1. The average molecular weight is 376 g/mol. The van der Waals surface area contributed by atoms with Crippen LogP contribution in [0.5, 0.6) is 5.75 Å². The van der Waals surface area contributed by atoms with Crippen molar-refractivity contribution in [2.45, 2.75) is 32.6 Å². The molecule has 0 aromatic heterocycles. The number of carbonyl (C=O) groups excluding carboxylic acids is 3. The number of benzene rings is 1. The largest absolute Gasteiger partial charge is 0.494 e. The molecule has 2 amide bonds. The minimum absolute atomic E-state index is 0.0591. The summed E-state index contributed by atoms with van der Waals surface area (Å²) >= 11 is 0. The van der Waals surface area contributed by atoms with Gasteiger partial charge in [0.25, 0.3) is 5.91 Å². The summed E-state index contributed by atoms with van der Waals surface area (Å²) < 4.78 is 10.3. The highest BCUT2D eigenvalue weighted by molar-refractivity contribution is 5.96. The SMILES string of the molecule is CCCCOc1ccc(C(=O)NCC(=O)N2CCC(C(=O)OC)CC2)cc1. The highest BCUT2D eigenvalue weighted by atomic mass is 16.5. The summed E-state index contributed by atoms with van der Waals surface area (Å²) in [5.41, 5.74) is 0.482. The fourth-order valence-electron chi connectivity index (χ4n) is 2.94. The zero-order valence-electron chi connectivity index (χ0n) is 16.0. The Balaban J connectivity index is 1.75. The Morgan fingerprint density at radius 3 is 2.41 bits per heavy atom. The molecule has 148 valence electrons. The molecule has 0 atom stereocenters. The number of rotatable bonds is 8. The van der Waals surface area contributed by atoms with Crippen molar-refractivity contribution >= 4 is 17.8 Å². The number of likely N-dealkylation sites (tertiary alicyclic amines) is 1. The summed E-state index contributed by atoms with van der Waals surface area (Å²) in [5.74, 6) is -0.0899. The van der Waals surface area contributed by atoms with Crippen LogP contribution in [0.25, 0.3) is 0 Å². The van der Waals surface area contributed by atoms with E-state index < -0.39 is 0 Å². The summed E-state index contributed by atoms with van der Waals surface area (Å²) in [6.45, 7) is 3.69. The zero-order chi connectivity index (χ0) is 19.6. The van der Waals surface area contributed by atoms with E-state index in [0.29, 0.717) is 38.1 Å². The second kappa shape index (κ2) is 10.5. The normalized spacial score (nSPS) is 14.5. The van der Waals surface area contributed by atoms with Gasteiger partial charge in [0.05, 0.1) is 26.2 Å². The first-order valence-corrected chi connectivity index (χ1v) is 9.41. The molecule has 0 unspecified atom stereocenters. The second-order valence-corrected chi connectivity index (χ2v) is 6.59. The molecule has 0 bridgehead atoms. The van der Waals surface area contributed by atoms with Crippen LogP contribution in [0.2, 0.25) is 0 Å². The van der Waals surface area contributed by atoms with Crippen molar-refractivity contribution in [1.82, 2.24) is 10.2 Å². The summed E-state index contributed by atoms with van der Waals surface area (Å²) in [6, 6.07) is 6.87. The molecule has 1 aromatic carbocycles. The number of hydrogen-bond acceptors (Lipinski definition) is 5. The highest BCUT2D eigenvalue weighted by Gasteiger charge is 2.27. The lowest BCUT2D eigenvalue weighted by Crippen LogP contribution is -2.45. The van der Waals surface area contributed by atoms with Crippen LogP contribution in [-0.2, 0) is 14.3 Å². The van der Waals surface area contributed by atoms with Crippen molar-refractivity contribution in [2.75, 3.05) is 33.4 Å². The Labute approximate surface area is 160 Å². The van der Waals surface area contributed by atoms with Gasteiger partial charge in [-0.25, -0.2) is 0 Å². The Morgan fingerprint density at radius 2 is 1.81 bits per heavy atom. The molecule has 0 spiro atoms. The number of carbonyl (C=O) groups is 3. The smallest absolute Gasteiger partial charge is 0.308 e. The Bertz CT molecular complexity index is 636. The number of amides is 2. The molecule has 1 aromatic rings. The minimum atomic E-state index is -0.298. The second-order valence-electron chi connectivity index (χ2n) is 6.59. The molecule has 7 heteroatoms. The van der Waals surface area contributed by atoms with Crippen molar-refractivity contribution in [2.24, 2.45) is 5.92 Å². The molecular formula is C20H28N2O5. The summed E-state index contributed by atoms with van der Waals surface area (Å²) in [4.78, 5) is 37.6. The molecule has 1 saturated heterocycles. The maximum Gasteiger partial charge on any atom is 0.308 e. The van der Waals surface area contributed by atoms with E-state index in [-0.39, 0.29) is 30.2 Å². The fourth-order valence-corrected chi connectivity index (χ4v) is 2.94. The van der Waals surface area contributed by atoms with E-state index in [0.717, 1.165) is 18.6 Å². The van der Waals surface area contributed by atoms with Gasteiger partial charge in [0.2, 0.25) is 5.91 Å². The van der Waals surface area contributed by atoms with Crippen LogP contribution >= 0.6 is 0 Å². The zero-order valence-corrected chi connectivity index (χ0v) is 16.0. The van der Waals surface area contributed by atoms with Gasteiger partial charge in [0.1, 0.15) is 5.75 Å². The predicted molar refractivity (Wildman–Crippen MR) is 100 cm³/mol. The van der Waals surface area contributed by atoms with Gasteiger partial charge in [0, 0.05) is 18.7 Å². The van der Waals surface area contributed by atoms with E-state index in [1.165, 1.54) is 7.11 Å². The first-order valence-electron chi connectivity index (χ1n) is 9.41. The molecule has 1 heterocycles. The van der Waals surface area contributed by atoms with Crippen molar-refractivity contribution < 1.29 is 23.9 Å². The van der Waals surface area contributed by atoms with E-state index in [1.807, 2.05) is 0 Å². The van der Waals surface area contributed by atoms with Crippen LogP contribution in [0.1, 0.15) is 43.0 Å². The van der Waals surface area contributed by atoms with Crippen LogP contribution in [0.4, 0.5) is 0 Å². The first-order chi connectivity index (χ1) is 13.0. The van der Waals surface area contributed by atoms with Crippen molar-refractivity contribution in [3.63, 3.8) is 0 Å². The number of esters is 1. The molecule has 1 aliphatic rings. The van der Waals surface area contributed by atoms with E-state index in [9.17, 15) is 14.4 Å². The van der Waals surface area contributed by atoms with Crippen LogP contribution in [0.3, 0.4) is 0 Å². The number of hydrogen-bond donors (Lipinski definition) is 1. The molecule has 1 fully saturated rings. The third-order valence-electron chi connectivity index (χ3n) is 4.67. The van der Waals surface area contributed by atoms with Gasteiger partial charge in [-0.1, -0.05) is 13.3 Å². The maximum absolute atomic E-state index is 12.3. The first kappa shape index (κ1) is 20.7. The van der Waals surface area contributed by atoms with Crippen molar-refractivity contribution in [3.05, 3.63) is 29.8 Å². The Morgan fingerprint density at radius 1 is 1.15 bits per heavy atom. The molecule has 0 radical (unpaired) electrons. The van der Waals surface area contributed by atoms with Crippen molar-refractivity contribution in [3.8, 4) is 5.75 Å². The molecule has 2 rings (SSSR count). The number of unbranched alkanes of at least 4 members (excludes halogenated alkanes) is 1. The predicted octanol–water partition coefficient (Wildman–Crippen LogP) is 2.01. The molecule has 7 nitrogen and oxygen atoms in total. The lowest BCUT2D eigenvalue weighted by Gasteiger charge is -2.30. The lowest BCUT2D eigenvalue weighted by atomic mass is 9.97. The molecule has 1 aliphatic heterocycles. The summed E-state index contributed by atoms with van der Waals surface area (Å²) in [5, 5.41) is 2.65. The molecule has 0 aliphatic carbocycles. The number of methoxy groups -OCH3 is 1. The Hall–Kier alpha value is -2.57. The summed E-state index contributed by atoms with van der Waals surface area (Å²) in [7, 11) is 1.37. The van der Waals surface area contributed by atoms with Crippen molar-refractivity contribution in [1.29, 1.82) is 0 Å². The molecule has 27 heavy (non-hydrogen) atoms. The maximum atomic E-state index is 12.3. The van der Waals surface area contributed by atoms with Gasteiger partial charge in [-0.2, -0.15) is 0 Å². The van der Waals surface area contributed by atoms with E-state index in [4.69, 9.17) is 9.47 Å². The third-order valence-corrected chi connectivity index (χ3v) is 4.67. The van der Waals surface area contributed by atoms with Gasteiger partial charge in [-0.3, -0.25) is 14.4 Å². The number of nitrogens with zero attached hydrogens (tertiary/aromatic N) is 1. The standard InChI is InChI=1S/C20H28N2O5/c1-3-4-13-27-17-7-5-15(6-8-17)19(24)21-14-18(23)22-11-9-16(10-12-22)20(25)26-2/h5-8,16H,3-4,9-14H2,1-2H3,(H,21,24). The monoisotopic (exact) mass is 376 g/mol. The number of nitrogens with one attached hydrogen (secondary N) is 1. The van der Waals surface area contributed by atoms with Crippen LogP contribution in [-0.4, -0.2) is 56.0 Å². The van der Waals surface area contributed by atoms with Gasteiger partial charge in [-0.05, 0) is 43.5 Å². The lowest BCUT2D eigenvalue weighted by molar-refractivity contribution is -0.148. The van der Waals surface area contributed by atoms with Crippen LogP contribution in [0, 0.1) is 5.92 Å². The van der Waals surface area contributed by atoms with E-state index in [1.54, 1.807) is 29.2 Å². The van der Waals surface area contributed by atoms with Crippen LogP contribution < -0.4 is 10.1 Å². The quantitative estimate of drug-likeness (QED) is 0.554. The highest BCUT2D eigenvalue weighted by Crippen LogP contribution is 2.18. The number of ether oxygens (including phenoxy) is 2. The fraction of sp³-hybridized carbons (Fsp3) is 0.550. The van der Waals surface area contributed by atoms with Gasteiger partial charge < -0.3 is 19.7 Å². The molecule has 1 N–H and O–H groups in total. The average Bonchev–Trinajstić information content (AvgIpc) is 2.72. The Kier molecular flexibility index (Phi) is 8.10. The topological polar surface area (TPSA) is 84.9 Å². The van der Waals surface area contributed by atoms with Gasteiger partial charge >= 0.3 is 5.97 Å². The summed E-state index contributed by atoms with van der Waals surface area (Å²) in [6.07, 6.45) is 3.23.